The van der Waals surface area contributed by atoms with Crippen LogP contribution in [0.4, 0.5) is 4.79 Å². The lowest BCUT2D eigenvalue weighted by atomic mass is 9.98. The third-order valence-electron chi connectivity index (χ3n) is 5.09. The lowest BCUT2D eigenvalue weighted by Crippen LogP contribution is -2.50. The monoisotopic (exact) mass is 396 g/mol. The molecule has 0 aromatic heterocycles. The Labute approximate surface area is 169 Å². The SMILES string of the molecule is CC[C@@H](NC(=O)[C@@H](C)NC(=O)OCC1c2ccccc2-c2ccccc21)C(=O)O. The van der Waals surface area contributed by atoms with Crippen LogP contribution < -0.4 is 10.6 Å². The number of rotatable bonds is 7. The molecule has 0 unspecified atom stereocenters. The van der Waals surface area contributed by atoms with E-state index in [1.165, 1.54) is 6.92 Å². The molecule has 0 bridgehead atoms. The first-order valence-corrected chi connectivity index (χ1v) is 9.57. The highest BCUT2D eigenvalue weighted by atomic mass is 16.5. The van der Waals surface area contributed by atoms with Gasteiger partial charge in [0.25, 0.3) is 0 Å². The van der Waals surface area contributed by atoms with Crippen molar-refractivity contribution >= 4 is 18.0 Å². The average molecular weight is 396 g/mol. The molecule has 7 heteroatoms. The van der Waals surface area contributed by atoms with Gasteiger partial charge >= 0.3 is 12.1 Å². The minimum Gasteiger partial charge on any atom is -0.480 e. The van der Waals surface area contributed by atoms with Gasteiger partial charge in [0, 0.05) is 5.92 Å². The number of alkyl carbamates (subject to hydrolysis) is 1. The summed E-state index contributed by atoms with van der Waals surface area (Å²) in [5.41, 5.74) is 4.45. The smallest absolute Gasteiger partial charge is 0.407 e. The lowest BCUT2D eigenvalue weighted by Gasteiger charge is -2.19. The first-order valence-electron chi connectivity index (χ1n) is 9.57. The fraction of sp³-hybridized carbons (Fsp3) is 0.318. The van der Waals surface area contributed by atoms with Crippen LogP contribution in [0.3, 0.4) is 0 Å². The van der Waals surface area contributed by atoms with E-state index < -0.39 is 30.1 Å². The zero-order valence-corrected chi connectivity index (χ0v) is 16.3. The van der Waals surface area contributed by atoms with E-state index in [1.54, 1.807) is 6.92 Å². The molecular weight excluding hydrogens is 372 g/mol. The summed E-state index contributed by atoms with van der Waals surface area (Å²) in [6.45, 7) is 3.27. The van der Waals surface area contributed by atoms with Gasteiger partial charge in [-0.05, 0) is 35.6 Å². The summed E-state index contributed by atoms with van der Waals surface area (Å²) < 4.78 is 5.39. The molecule has 0 heterocycles. The molecule has 1 aliphatic carbocycles. The van der Waals surface area contributed by atoms with Crippen molar-refractivity contribution in [2.24, 2.45) is 0 Å². The average Bonchev–Trinajstić information content (AvgIpc) is 3.03. The molecule has 0 aliphatic heterocycles. The molecule has 2 atom stereocenters. The van der Waals surface area contributed by atoms with Crippen molar-refractivity contribution in [2.75, 3.05) is 6.61 Å². The second-order valence-electron chi connectivity index (χ2n) is 7.00. The summed E-state index contributed by atoms with van der Waals surface area (Å²) in [6.07, 6.45) is -0.475. The van der Waals surface area contributed by atoms with Crippen LogP contribution in [0.1, 0.15) is 37.3 Å². The Balaban J connectivity index is 1.60. The van der Waals surface area contributed by atoms with Gasteiger partial charge in [-0.3, -0.25) is 4.79 Å². The minimum absolute atomic E-state index is 0.0752. The number of carbonyl (C=O) groups is 3. The van der Waals surface area contributed by atoms with Gasteiger partial charge in [-0.2, -0.15) is 0 Å². The Morgan fingerprint density at radius 3 is 2.07 bits per heavy atom. The van der Waals surface area contributed by atoms with E-state index in [4.69, 9.17) is 9.84 Å². The third kappa shape index (κ3) is 4.39. The highest BCUT2D eigenvalue weighted by Crippen LogP contribution is 2.44. The first-order chi connectivity index (χ1) is 13.9. The van der Waals surface area contributed by atoms with Crippen molar-refractivity contribution in [2.45, 2.75) is 38.3 Å². The maximum Gasteiger partial charge on any atom is 0.407 e. The normalized spacial score (nSPS) is 14.3. The molecule has 3 rings (SSSR count). The number of aliphatic carboxylic acids is 1. The van der Waals surface area contributed by atoms with Gasteiger partial charge in [0.2, 0.25) is 5.91 Å². The second-order valence-corrected chi connectivity index (χ2v) is 7.00. The van der Waals surface area contributed by atoms with E-state index in [2.05, 4.69) is 10.6 Å². The molecule has 0 spiro atoms. The van der Waals surface area contributed by atoms with Gasteiger partial charge in [0.1, 0.15) is 18.7 Å². The number of nitrogens with one attached hydrogen (secondary N) is 2. The van der Waals surface area contributed by atoms with Crippen LogP contribution >= 0.6 is 0 Å². The summed E-state index contributed by atoms with van der Waals surface area (Å²) in [5, 5.41) is 13.9. The molecule has 2 amide bonds. The summed E-state index contributed by atoms with van der Waals surface area (Å²) in [7, 11) is 0. The molecule has 0 radical (unpaired) electrons. The van der Waals surface area contributed by atoms with E-state index in [0.29, 0.717) is 0 Å². The number of carboxylic acid groups (broad SMARTS) is 1. The Morgan fingerprint density at radius 2 is 1.55 bits per heavy atom. The van der Waals surface area contributed by atoms with Crippen molar-refractivity contribution in [1.82, 2.24) is 10.6 Å². The lowest BCUT2D eigenvalue weighted by molar-refractivity contribution is -0.142. The van der Waals surface area contributed by atoms with Gasteiger partial charge in [0.05, 0.1) is 0 Å². The molecule has 3 N–H and O–H groups in total. The van der Waals surface area contributed by atoms with Gasteiger partial charge in [-0.1, -0.05) is 55.5 Å². The van der Waals surface area contributed by atoms with Crippen LogP contribution in [0.25, 0.3) is 11.1 Å². The quantitative estimate of drug-likeness (QED) is 0.667. The molecule has 0 saturated heterocycles. The minimum atomic E-state index is -1.12. The van der Waals surface area contributed by atoms with Crippen LogP contribution in [0, 0.1) is 0 Å². The van der Waals surface area contributed by atoms with Gasteiger partial charge in [-0.15, -0.1) is 0 Å². The highest BCUT2D eigenvalue weighted by Gasteiger charge is 2.29. The molecule has 1 aliphatic rings. The highest BCUT2D eigenvalue weighted by molar-refractivity contribution is 5.89. The molecule has 2 aromatic carbocycles. The summed E-state index contributed by atoms with van der Waals surface area (Å²) in [4.78, 5) is 35.3. The standard InChI is InChI=1S/C22H24N2O5/c1-3-19(21(26)27)24-20(25)13(2)23-22(28)29-12-18-16-10-6-4-8-14(16)15-9-5-7-11-17(15)18/h4-11,13,18-19H,3,12H2,1-2H3,(H,23,28)(H,24,25)(H,26,27)/t13-,19-/m1/s1. The first kappa shape index (κ1) is 20.4. The number of hydrogen-bond donors (Lipinski definition) is 3. The molecule has 29 heavy (non-hydrogen) atoms. The number of benzene rings is 2. The van der Waals surface area contributed by atoms with Gasteiger partial charge in [0.15, 0.2) is 0 Å². The van der Waals surface area contributed by atoms with Crippen LogP contribution in [0.15, 0.2) is 48.5 Å². The zero-order chi connectivity index (χ0) is 21.0. The number of carbonyl (C=O) groups excluding carboxylic acids is 2. The Hall–Kier alpha value is -3.35. The third-order valence-corrected chi connectivity index (χ3v) is 5.09. The van der Waals surface area contributed by atoms with Crippen LogP contribution in [-0.2, 0) is 14.3 Å². The van der Waals surface area contributed by atoms with E-state index in [-0.39, 0.29) is 18.9 Å². The zero-order valence-electron chi connectivity index (χ0n) is 16.3. The van der Waals surface area contributed by atoms with Crippen LogP contribution in [0.2, 0.25) is 0 Å². The van der Waals surface area contributed by atoms with E-state index in [9.17, 15) is 14.4 Å². The summed E-state index contributed by atoms with van der Waals surface area (Å²) in [6, 6.07) is 14.1. The molecule has 0 saturated carbocycles. The van der Waals surface area contributed by atoms with Crippen molar-refractivity contribution < 1.29 is 24.2 Å². The maximum absolute atomic E-state index is 12.2. The van der Waals surface area contributed by atoms with Crippen molar-refractivity contribution in [1.29, 1.82) is 0 Å². The predicted molar refractivity (Wildman–Crippen MR) is 108 cm³/mol. The number of hydrogen-bond acceptors (Lipinski definition) is 4. The fourth-order valence-electron chi connectivity index (χ4n) is 3.52. The van der Waals surface area contributed by atoms with Crippen molar-refractivity contribution in [3.05, 3.63) is 59.7 Å². The molecule has 0 fully saturated rings. The van der Waals surface area contributed by atoms with E-state index >= 15 is 0 Å². The van der Waals surface area contributed by atoms with Crippen molar-refractivity contribution in [3.8, 4) is 11.1 Å². The Bertz CT molecular complexity index is 881. The molecular formula is C22H24N2O5. The number of ether oxygens (including phenoxy) is 1. The van der Waals surface area contributed by atoms with Crippen LogP contribution in [0.5, 0.6) is 0 Å². The largest absolute Gasteiger partial charge is 0.480 e. The van der Waals surface area contributed by atoms with Gasteiger partial charge in [-0.25, -0.2) is 9.59 Å². The predicted octanol–water partition coefficient (Wildman–Crippen LogP) is 2.89. The number of carboxylic acids is 1. The topological polar surface area (TPSA) is 105 Å². The fourth-order valence-corrected chi connectivity index (χ4v) is 3.52. The molecule has 152 valence electrons. The summed E-state index contributed by atoms with van der Waals surface area (Å²) >= 11 is 0. The maximum atomic E-state index is 12.2. The summed E-state index contributed by atoms with van der Waals surface area (Å²) in [5.74, 6) is -1.77. The Morgan fingerprint density at radius 1 is 1.00 bits per heavy atom. The number of amides is 2. The number of fused-ring (bicyclic) bond motifs is 3. The van der Waals surface area contributed by atoms with E-state index in [1.807, 2.05) is 48.5 Å². The van der Waals surface area contributed by atoms with Crippen molar-refractivity contribution in [3.63, 3.8) is 0 Å². The second kappa shape index (κ2) is 8.77. The Kier molecular flexibility index (Phi) is 6.16. The van der Waals surface area contributed by atoms with E-state index in [0.717, 1.165) is 22.3 Å². The molecule has 2 aromatic rings. The van der Waals surface area contributed by atoms with Gasteiger partial charge < -0.3 is 20.5 Å². The molecule has 7 nitrogen and oxygen atoms in total. The van der Waals surface area contributed by atoms with Crippen LogP contribution in [-0.4, -0.2) is 41.8 Å².